The highest BCUT2D eigenvalue weighted by Crippen LogP contribution is 2.35. The minimum Gasteiger partial charge on any atom is -0.319 e. The maximum absolute atomic E-state index is 14.0. The molecule has 2 saturated heterocycles. The van der Waals surface area contributed by atoms with Gasteiger partial charge in [-0.15, -0.1) is 11.3 Å². The molecule has 2 fully saturated rings. The summed E-state index contributed by atoms with van der Waals surface area (Å²) in [6.45, 7) is 1.93. The Morgan fingerprint density at radius 2 is 1.67 bits per heavy atom. The van der Waals surface area contributed by atoms with Crippen LogP contribution in [-0.2, 0) is 16.8 Å². The summed E-state index contributed by atoms with van der Waals surface area (Å²) >= 11 is 1.75. The number of fused-ring (bicyclic) bond motifs is 1. The molecule has 0 radical (unpaired) electrons. The Morgan fingerprint density at radius 1 is 0.944 bits per heavy atom. The number of nitrogens with zero attached hydrogens (tertiary/aromatic N) is 3. The summed E-state index contributed by atoms with van der Waals surface area (Å²) < 4.78 is 1.20. The smallest absolute Gasteiger partial charge is 0.319 e. The molecule has 3 amide bonds. The van der Waals surface area contributed by atoms with Crippen molar-refractivity contribution in [3.05, 3.63) is 101 Å². The number of thiazole rings is 1. The van der Waals surface area contributed by atoms with Crippen molar-refractivity contribution >= 4 is 33.5 Å². The summed E-state index contributed by atoms with van der Waals surface area (Å²) in [5, 5.41) is 4.22. The highest BCUT2D eigenvalue weighted by molar-refractivity contribution is 7.18. The number of hydrogen-bond donors (Lipinski definition) is 1. The van der Waals surface area contributed by atoms with E-state index >= 15 is 0 Å². The molecule has 0 bridgehead atoms. The zero-order valence-corrected chi connectivity index (χ0v) is 20.8. The molecule has 3 aromatic carbocycles. The molecule has 4 aromatic rings. The molecule has 1 aromatic heterocycles. The molecule has 36 heavy (non-hydrogen) atoms. The summed E-state index contributed by atoms with van der Waals surface area (Å²) in [5.41, 5.74) is 1.74. The molecule has 6 rings (SSSR count). The van der Waals surface area contributed by atoms with Crippen LogP contribution in [0.4, 0.5) is 4.79 Å². The number of hydrogen-bond acceptors (Lipinski definition) is 5. The normalized spacial score (nSPS) is 22.8. The molecule has 7 heteroatoms. The van der Waals surface area contributed by atoms with E-state index in [0.717, 1.165) is 47.6 Å². The Morgan fingerprint density at radius 3 is 2.44 bits per heavy atom. The molecule has 182 valence electrons. The van der Waals surface area contributed by atoms with Gasteiger partial charge in [-0.3, -0.25) is 9.69 Å². The number of urea groups is 1. The van der Waals surface area contributed by atoms with Crippen LogP contribution in [0.5, 0.6) is 0 Å². The van der Waals surface area contributed by atoms with Gasteiger partial charge in [-0.05, 0) is 42.6 Å². The third-order valence-corrected chi connectivity index (χ3v) is 8.46. The average molecular weight is 497 g/mol. The quantitative estimate of drug-likeness (QED) is 0.376. The third kappa shape index (κ3) is 4.18. The monoisotopic (exact) mass is 496 g/mol. The standard InChI is InChI=1S/C29H28N4O2S/c34-27-29(23-13-5-2-6-14-23,18-21-10-3-1-4-11-21)31-28(35)33(27)20-32-17-9-12-22(19-32)26-30-24-15-7-8-16-25(24)36-26/h1-8,10-11,13-16,22H,9,12,17-20H2,(H,31,35)/t22-,29-/m0/s1. The second-order valence-electron chi connectivity index (χ2n) is 9.67. The van der Waals surface area contributed by atoms with E-state index in [1.165, 1.54) is 9.60 Å². The lowest BCUT2D eigenvalue weighted by Gasteiger charge is -2.34. The van der Waals surface area contributed by atoms with Crippen LogP contribution < -0.4 is 5.32 Å². The van der Waals surface area contributed by atoms with Crippen molar-refractivity contribution in [3.8, 4) is 0 Å². The van der Waals surface area contributed by atoms with E-state index in [1.807, 2.05) is 72.8 Å². The predicted octanol–water partition coefficient (Wildman–Crippen LogP) is 5.12. The van der Waals surface area contributed by atoms with E-state index in [4.69, 9.17) is 4.98 Å². The predicted molar refractivity (Wildman–Crippen MR) is 142 cm³/mol. The van der Waals surface area contributed by atoms with Crippen LogP contribution in [0.1, 0.15) is 34.9 Å². The van der Waals surface area contributed by atoms with Gasteiger partial charge in [0.15, 0.2) is 5.54 Å². The molecule has 6 nitrogen and oxygen atoms in total. The van der Waals surface area contributed by atoms with E-state index in [2.05, 4.69) is 22.3 Å². The van der Waals surface area contributed by atoms with Crippen molar-refractivity contribution < 1.29 is 9.59 Å². The van der Waals surface area contributed by atoms with E-state index in [0.29, 0.717) is 12.3 Å². The lowest BCUT2D eigenvalue weighted by Crippen LogP contribution is -2.48. The number of carbonyl (C=O) groups excluding carboxylic acids is 2. The van der Waals surface area contributed by atoms with Gasteiger partial charge in [0.05, 0.1) is 21.9 Å². The summed E-state index contributed by atoms with van der Waals surface area (Å²) in [4.78, 5) is 35.8. The maximum atomic E-state index is 14.0. The maximum Gasteiger partial charge on any atom is 0.326 e. The van der Waals surface area contributed by atoms with Crippen molar-refractivity contribution in [1.29, 1.82) is 0 Å². The molecule has 0 aliphatic carbocycles. The number of para-hydroxylation sites is 1. The summed E-state index contributed by atoms with van der Waals surface area (Å²) in [5.74, 6) is 0.116. The molecule has 0 saturated carbocycles. The Bertz CT molecular complexity index is 1360. The van der Waals surface area contributed by atoms with E-state index < -0.39 is 5.54 Å². The molecule has 3 heterocycles. The molecular formula is C29H28N4O2S. The van der Waals surface area contributed by atoms with Crippen molar-refractivity contribution in [2.24, 2.45) is 0 Å². The zero-order chi connectivity index (χ0) is 24.5. The van der Waals surface area contributed by atoms with Gasteiger partial charge >= 0.3 is 6.03 Å². The molecule has 2 aliphatic rings. The molecule has 0 spiro atoms. The summed E-state index contributed by atoms with van der Waals surface area (Å²) in [7, 11) is 0. The SMILES string of the molecule is O=C1N[C@@](Cc2ccccc2)(c2ccccc2)C(=O)N1CN1CCC[C@H](c2nc3ccccc3s2)C1. The minimum atomic E-state index is -1.11. The lowest BCUT2D eigenvalue weighted by molar-refractivity contribution is -0.133. The number of nitrogens with one attached hydrogen (secondary N) is 1. The van der Waals surface area contributed by atoms with Crippen LogP contribution in [0, 0.1) is 0 Å². The molecule has 2 aliphatic heterocycles. The molecule has 1 N–H and O–H groups in total. The average Bonchev–Trinajstić information content (AvgIpc) is 3.46. The number of benzene rings is 3. The number of likely N-dealkylation sites (tertiary alicyclic amines) is 1. The van der Waals surface area contributed by atoms with Gasteiger partial charge in [0.1, 0.15) is 0 Å². The van der Waals surface area contributed by atoms with Gasteiger partial charge in [0.2, 0.25) is 0 Å². The van der Waals surface area contributed by atoms with E-state index in [-0.39, 0.29) is 18.6 Å². The Hall–Kier alpha value is -3.55. The first-order valence-corrected chi connectivity index (χ1v) is 13.3. The van der Waals surface area contributed by atoms with Crippen LogP contribution in [0.2, 0.25) is 0 Å². The largest absolute Gasteiger partial charge is 0.326 e. The second-order valence-corrected chi connectivity index (χ2v) is 10.7. The topological polar surface area (TPSA) is 65.5 Å². The van der Waals surface area contributed by atoms with Crippen LogP contribution in [0.15, 0.2) is 84.9 Å². The van der Waals surface area contributed by atoms with Gasteiger partial charge in [-0.25, -0.2) is 14.7 Å². The third-order valence-electron chi connectivity index (χ3n) is 7.26. The van der Waals surface area contributed by atoms with Gasteiger partial charge < -0.3 is 5.32 Å². The molecular weight excluding hydrogens is 468 g/mol. The Balaban J connectivity index is 1.24. The van der Waals surface area contributed by atoms with E-state index in [9.17, 15) is 9.59 Å². The zero-order valence-electron chi connectivity index (χ0n) is 20.0. The van der Waals surface area contributed by atoms with E-state index in [1.54, 1.807) is 11.3 Å². The van der Waals surface area contributed by atoms with Crippen molar-refractivity contribution in [3.63, 3.8) is 0 Å². The summed E-state index contributed by atoms with van der Waals surface area (Å²) in [6.07, 6.45) is 2.49. The first-order chi connectivity index (χ1) is 17.6. The van der Waals surface area contributed by atoms with Gasteiger partial charge in [0, 0.05) is 18.9 Å². The fourth-order valence-electron chi connectivity index (χ4n) is 5.45. The lowest BCUT2D eigenvalue weighted by atomic mass is 9.83. The van der Waals surface area contributed by atoms with Crippen molar-refractivity contribution in [2.45, 2.75) is 30.7 Å². The Kier molecular flexibility index (Phi) is 6.03. The van der Waals surface area contributed by atoms with Crippen LogP contribution in [0.3, 0.4) is 0 Å². The van der Waals surface area contributed by atoms with Crippen LogP contribution in [-0.4, -0.2) is 46.5 Å². The van der Waals surface area contributed by atoms with Crippen molar-refractivity contribution in [1.82, 2.24) is 20.1 Å². The van der Waals surface area contributed by atoms with Gasteiger partial charge in [0.25, 0.3) is 5.91 Å². The second kappa shape index (κ2) is 9.48. The number of amides is 3. The van der Waals surface area contributed by atoms with Gasteiger partial charge in [-0.1, -0.05) is 72.8 Å². The number of aromatic nitrogens is 1. The molecule has 2 atom stereocenters. The highest BCUT2D eigenvalue weighted by atomic mass is 32.1. The van der Waals surface area contributed by atoms with Crippen LogP contribution >= 0.6 is 11.3 Å². The fraction of sp³-hybridized carbons (Fsp3) is 0.276. The minimum absolute atomic E-state index is 0.190. The fourth-order valence-corrected chi connectivity index (χ4v) is 6.54. The first kappa shape index (κ1) is 22.9. The number of carbonyl (C=O) groups is 2. The number of imide groups is 1. The van der Waals surface area contributed by atoms with Crippen LogP contribution in [0.25, 0.3) is 10.2 Å². The summed E-state index contributed by atoms with van der Waals surface area (Å²) in [6, 6.07) is 27.4. The number of rotatable bonds is 6. The van der Waals surface area contributed by atoms with Crippen molar-refractivity contribution in [2.75, 3.05) is 19.8 Å². The van der Waals surface area contributed by atoms with Gasteiger partial charge in [-0.2, -0.15) is 0 Å². The molecule has 0 unspecified atom stereocenters. The highest BCUT2D eigenvalue weighted by Gasteiger charge is 2.52. The first-order valence-electron chi connectivity index (χ1n) is 12.4. The Labute approximate surface area is 214 Å². The number of piperidine rings is 1.